The molecule has 0 amide bonds. The Hall–Kier alpha value is -5.14. The predicted molar refractivity (Wildman–Crippen MR) is 207 cm³/mol. The lowest BCUT2D eigenvalue weighted by atomic mass is 9.51. The first-order valence-electron chi connectivity index (χ1n) is 18.3. The van der Waals surface area contributed by atoms with Gasteiger partial charge in [0.25, 0.3) is 0 Å². The van der Waals surface area contributed by atoms with E-state index in [4.69, 9.17) is 0 Å². The van der Waals surface area contributed by atoms with Gasteiger partial charge in [-0.05, 0) is 128 Å². The van der Waals surface area contributed by atoms with E-state index in [-0.39, 0.29) is 5.41 Å². The van der Waals surface area contributed by atoms with Crippen molar-refractivity contribution in [3.63, 3.8) is 0 Å². The highest BCUT2D eigenvalue weighted by molar-refractivity contribution is 5.97. The molecule has 1 spiro atoms. The molecule has 0 saturated heterocycles. The van der Waals surface area contributed by atoms with Crippen LogP contribution in [0.25, 0.3) is 43.8 Å². The van der Waals surface area contributed by atoms with Gasteiger partial charge in [-0.1, -0.05) is 135 Å². The Labute approximate surface area is 289 Å². The third-order valence-corrected chi connectivity index (χ3v) is 12.5. The molecule has 0 aliphatic heterocycles. The zero-order valence-electron chi connectivity index (χ0n) is 28.1. The molecule has 0 radical (unpaired) electrons. The van der Waals surface area contributed by atoms with Crippen molar-refractivity contribution >= 4 is 38.6 Å². The van der Waals surface area contributed by atoms with Crippen molar-refractivity contribution in [3.05, 3.63) is 163 Å². The molecule has 4 atom stereocenters. The molecule has 1 heteroatoms. The largest absolute Gasteiger partial charge is 0.310 e. The highest BCUT2D eigenvalue weighted by atomic mass is 15.1. The molecule has 7 aromatic carbocycles. The number of rotatable bonds is 4. The van der Waals surface area contributed by atoms with E-state index in [1.165, 1.54) is 93.0 Å². The van der Waals surface area contributed by atoms with Crippen molar-refractivity contribution < 1.29 is 0 Å². The van der Waals surface area contributed by atoms with Crippen molar-refractivity contribution in [1.82, 2.24) is 0 Å². The van der Waals surface area contributed by atoms with E-state index in [1.54, 1.807) is 11.1 Å². The highest BCUT2D eigenvalue weighted by Gasteiger charge is 2.55. The fourth-order valence-corrected chi connectivity index (χ4v) is 10.5. The van der Waals surface area contributed by atoms with Gasteiger partial charge in [-0.2, -0.15) is 0 Å². The van der Waals surface area contributed by atoms with Crippen LogP contribution in [-0.4, -0.2) is 0 Å². The Kier molecular flexibility index (Phi) is 6.60. The second-order valence-corrected chi connectivity index (χ2v) is 15.0. The third-order valence-electron chi connectivity index (χ3n) is 12.5. The van der Waals surface area contributed by atoms with Gasteiger partial charge in [0.1, 0.15) is 0 Å². The molecule has 0 heterocycles. The average Bonchev–Trinajstić information content (AvgIpc) is 3.45. The molecule has 2 bridgehead atoms. The molecule has 0 aromatic heterocycles. The smallest absolute Gasteiger partial charge is 0.0468 e. The fourth-order valence-electron chi connectivity index (χ4n) is 10.5. The molecular formula is C48H41N. The van der Waals surface area contributed by atoms with Crippen molar-refractivity contribution in [2.45, 2.75) is 44.4 Å². The number of fused-ring (bicyclic) bond motifs is 10. The van der Waals surface area contributed by atoms with Crippen LogP contribution in [0.2, 0.25) is 0 Å². The van der Waals surface area contributed by atoms with E-state index < -0.39 is 0 Å². The second kappa shape index (κ2) is 11.2. The first-order chi connectivity index (χ1) is 24.2. The molecule has 4 unspecified atom stereocenters. The summed E-state index contributed by atoms with van der Waals surface area (Å²) in [5.74, 6) is 2.19. The van der Waals surface area contributed by atoms with E-state index >= 15 is 0 Å². The standard InChI is InChI=1S/C48H41N/c1-32-28-33-10-8-15-38(29-33)48(32)46-19-7-6-17-44(46)45-27-26-41(31-47(45)48)49(40-25-20-34-11-2-3-13-37(34)30-40)39-23-21-36(22-24-39)43-18-9-14-35-12-4-5-16-42(35)43/h2-7,9,11-14,16-27,30-33,38H,8,10,15,28-29H2,1H3. The van der Waals surface area contributed by atoms with E-state index in [0.29, 0.717) is 11.8 Å². The quantitative estimate of drug-likeness (QED) is 0.187. The van der Waals surface area contributed by atoms with Crippen LogP contribution < -0.4 is 4.90 Å². The summed E-state index contributed by atoms with van der Waals surface area (Å²) in [5.41, 5.74) is 12.2. The van der Waals surface area contributed by atoms with Crippen LogP contribution in [-0.2, 0) is 5.41 Å². The van der Waals surface area contributed by atoms with Crippen LogP contribution in [0.5, 0.6) is 0 Å². The summed E-state index contributed by atoms with van der Waals surface area (Å²) in [6.07, 6.45) is 6.82. The average molecular weight is 632 g/mol. The number of hydrogen-bond donors (Lipinski definition) is 0. The maximum Gasteiger partial charge on any atom is 0.0468 e. The van der Waals surface area contributed by atoms with Crippen LogP contribution >= 0.6 is 0 Å². The van der Waals surface area contributed by atoms with E-state index in [9.17, 15) is 0 Å². The van der Waals surface area contributed by atoms with Crippen molar-refractivity contribution in [1.29, 1.82) is 0 Å². The minimum absolute atomic E-state index is 0.0755. The molecule has 7 aromatic rings. The Morgan fingerprint density at radius 3 is 2.08 bits per heavy atom. The van der Waals surface area contributed by atoms with E-state index in [2.05, 4.69) is 163 Å². The highest BCUT2D eigenvalue weighted by Crippen LogP contribution is 2.64. The lowest BCUT2D eigenvalue weighted by Crippen LogP contribution is -2.48. The summed E-state index contributed by atoms with van der Waals surface area (Å²) >= 11 is 0. The summed E-state index contributed by atoms with van der Waals surface area (Å²) in [5, 5.41) is 5.09. The predicted octanol–water partition coefficient (Wildman–Crippen LogP) is 13.2. The van der Waals surface area contributed by atoms with Gasteiger partial charge < -0.3 is 4.90 Å². The van der Waals surface area contributed by atoms with Crippen LogP contribution in [0.1, 0.15) is 50.2 Å². The molecule has 2 fully saturated rings. The second-order valence-electron chi connectivity index (χ2n) is 15.0. The Bertz CT molecular complexity index is 2360. The first-order valence-corrected chi connectivity index (χ1v) is 18.3. The maximum atomic E-state index is 2.59. The summed E-state index contributed by atoms with van der Waals surface area (Å²) in [7, 11) is 0. The molecule has 10 rings (SSSR count). The number of nitrogens with zero attached hydrogens (tertiary/aromatic N) is 1. The number of benzene rings is 7. The van der Waals surface area contributed by atoms with Crippen LogP contribution in [0.3, 0.4) is 0 Å². The molecule has 49 heavy (non-hydrogen) atoms. The molecule has 1 nitrogen and oxygen atoms in total. The minimum atomic E-state index is 0.0755. The molecule has 3 aliphatic rings. The fraction of sp³-hybridized carbons (Fsp3) is 0.208. The molecule has 238 valence electrons. The molecule has 3 aliphatic carbocycles. The van der Waals surface area contributed by atoms with Gasteiger partial charge in [-0.25, -0.2) is 0 Å². The van der Waals surface area contributed by atoms with Gasteiger partial charge in [-0.3, -0.25) is 0 Å². The Balaban J connectivity index is 1.15. The van der Waals surface area contributed by atoms with Gasteiger partial charge in [0.15, 0.2) is 0 Å². The zero-order valence-corrected chi connectivity index (χ0v) is 28.1. The molecule has 0 N–H and O–H groups in total. The summed E-state index contributed by atoms with van der Waals surface area (Å²) < 4.78 is 0. The SMILES string of the molecule is CC1CC2CCCC(C2)C12c1ccccc1-c1ccc(N(c3ccc(-c4cccc5ccccc45)cc3)c3ccc4ccccc4c3)cc12. The molecule has 2 saturated carbocycles. The lowest BCUT2D eigenvalue weighted by Gasteiger charge is -2.53. The molecular weight excluding hydrogens is 591 g/mol. The zero-order chi connectivity index (χ0) is 32.5. The van der Waals surface area contributed by atoms with Gasteiger partial charge >= 0.3 is 0 Å². The van der Waals surface area contributed by atoms with Crippen molar-refractivity contribution in [3.8, 4) is 22.3 Å². The summed E-state index contributed by atoms with van der Waals surface area (Å²) in [6, 6.07) is 57.0. The first kappa shape index (κ1) is 28.8. The summed E-state index contributed by atoms with van der Waals surface area (Å²) in [6.45, 7) is 2.57. The number of anilines is 3. The van der Waals surface area contributed by atoms with Crippen molar-refractivity contribution in [2.24, 2.45) is 17.8 Å². The third kappa shape index (κ3) is 4.38. The van der Waals surface area contributed by atoms with Crippen LogP contribution in [0.15, 0.2) is 152 Å². The lowest BCUT2D eigenvalue weighted by molar-refractivity contribution is 0.0670. The normalized spacial score (nSPS) is 22.3. The minimum Gasteiger partial charge on any atom is -0.310 e. The summed E-state index contributed by atoms with van der Waals surface area (Å²) in [4.78, 5) is 2.49. The Morgan fingerprint density at radius 1 is 0.510 bits per heavy atom. The van der Waals surface area contributed by atoms with Gasteiger partial charge in [-0.15, -0.1) is 0 Å². The van der Waals surface area contributed by atoms with Gasteiger partial charge in [0, 0.05) is 22.5 Å². The monoisotopic (exact) mass is 631 g/mol. The number of hydrogen-bond acceptors (Lipinski definition) is 1. The van der Waals surface area contributed by atoms with Gasteiger partial charge in [0.05, 0.1) is 0 Å². The van der Waals surface area contributed by atoms with E-state index in [1.807, 2.05) is 0 Å². The topological polar surface area (TPSA) is 3.24 Å². The maximum absolute atomic E-state index is 2.59. The van der Waals surface area contributed by atoms with Crippen molar-refractivity contribution in [2.75, 3.05) is 4.90 Å². The van der Waals surface area contributed by atoms with Crippen LogP contribution in [0, 0.1) is 17.8 Å². The van der Waals surface area contributed by atoms with E-state index in [0.717, 1.165) is 5.92 Å². The Morgan fingerprint density at radius 2 is 1.18 bits per heavy atom. The van der Waals surface area contributed by atoms with Gasteiger partial charge in [0.2, 0.25) is 0 Å². The van der Waals surface area contributed by atoms with Crippen LogP contribution in [0.4, 0.5) is 17.1 Å².